The van der Waals surface area contributed by atoms with Crippen molar-refractivity contribution in [2.24, 2.45) is 4.99 Å². The van der Waals surface area contributed by atoms with Crippen LogP contribution in [0.1, 0.15) is 0 Å². The molecule has 0 saturated carbocycles. The third kappa shape index (κ3) is 4.37. The number of amides is 1. The lowest BCUT2D eigenvalue weighted by molar-refractivity contribution is -0.114. The van der Waals surface area contributed by atoms with Crippen molar-refractivity contribution in [2.75, 3.05) is 40.1 Å². The van der Waals surface area contributed by atoms with Crippen LogP contribution in [0.2, 0.25) is 0 Å². The van der Waals surface area contributed by atoms with E-state index < -0.39 is 29.0 Å². The molecule has 5 nitrogen and oxygen atoms in total. The van der Waals surface area contributed by atoms with E-state index in [4.69, 9.17) is 0 Å². The van der Waals surface area contributed by atoms with Crippen LogP contribution in [-0.2, 0) is 4.79 Å². The second kappa shape index (κ2) is 6.96. The summed E-state index contributed by atoms with van der Waals surface area (Å²) in [7, 11) is 7.02. The van der Waals surface area contributed by atoms with Crippen molar-refractivity contribution in [1.82, 2.24) is 9.80 Å². The van der Waals surface area contributed by atoms with E-state index in [-0.39, 0.29) is 6.54 Å². The standard InChI is InChI=1S/C13H17F3N4O/c1-19(2)13(20(3)4)17-7-10(21)18-9-6-5-8(14)11(15)12(9)16/h5-6H,7H2,1-4H3,(H,18,21). The fourth-order valence-corrected chi connectivity index (χ4v) is 1.64. The van der Waals surface area contributed by atoms with Crippen LogP contribution in [0.5, 0.6) is 0 Å². The number of halogens is 3. The molecular weight excluding hydrogens is 285 g/mol. The summed E-state index contributed by atoms with van der Waals surface area (Å²) < 4.78 is 39.2. The van der Waals surface area contributed by atoms with Crippen LogP contribution in [-0.4, -0.2) is 56.4 Å². The number of guanidine groups is 1. The first-order valence-corrected chi connectivity index (χ1v) is 6.06. The minimum atomic E-state index is -1.63. The molecular formula is C13H17F3N4O. The Morgan fingerprint density at radius 1 is 1.10 bits per heavy atom. The lowest BCUT2D eigenvalue weighted by Crippen LogP contribution is -2.36. The molecule has 0 unspecified atom stereocenters. The third-order valence-corrected chi connectivity index (χ3v) is 2.47. The number of nitrogens with one attached hydrogen (secondary N) is 1. The second-order valence-electron chi connectivity index (χ2n) is 4.68. The molecule has 0 aromatic heterocycles. The van der Waals surface area contributed by atoms with Gasteiger partial charge in [-0.1, -0.05) is 0 Å². The highest BCUT2D eigenvalue weighted by molar-refractivity contribution is 5.94. The van der Waals surface area contributed by atoms with Gasteiger partial charge in [0.1, 0.15) is 6.54 Å². The third-order valence-electron chi connectivity index (χ3n) is 2.47. The Kier molecular flexibility index (Phi) is 5.57. The molecule has 21 heavy (non-hydrogen) atoms. The Morgan fingerprint density at radius 3 is 2.19 bits per heavy atom. The summed E-state index contributed by atoms with van der Waals surface area (Å²) in [6.07, 6.45) is 0. The van der Waals surface area contributed by atoms with Gasteiger partial charge in [-0.3, -0.25) is 4.79 Å². The van der Waals surface area contributed by atoms with Gasteiger partial charge in [0.25, 0.3) is 0 Å². The summed E-state index contributed by atoms with van der Waals surface area (Å²) in [5.74, 6) is -4.48. The average molecular weight is 302 g/mol. The summed E-state index contributed by atoms with van der Waals surface area (Å²) >= 11 is 0. The normalized spacial score (nSPS) is 10.0. The van der Waals surface area contributed by atoms with Crippen molar-refractivity contribution in [3.63, 3.8) is 0 Å². The van der Waals surface area contributed by atoms with Crippen LogP contribution in [0.25, 0.3) is 0 Å². The van der Waals surface area contributed by atoms with Crippen molar-refractivity contribution in [2.45, 2.75) is 0 Å². The molecule has 1 aromatic rings. The molecule has 0 saturated heterocycles. The van der Waals surface area contributed by atoms with Crippen molar-refractivity contribution < 1.29 is 18.0 Å². The van der Waals surface area contributed by atoms with Gasteiger partial charge in [-0.15, -0.1) is 0 Å². The lowest BCUT2D eigenvalue weighted by atomic mass is 10.3. The van der Waals surface area contributed by atoms with Gasteiger partial charge in [0.2, 0.25) is 5.91 Å². The summed E-state index contributed by atoms with van der Waals surface area (Å²) in [4.78, 5) is 19.1. The van der Waals surface area contributed by atoms with Crippen LogP contribution in [0.3, 0.4) is 0 Å². The first kappa shape index (κ1) is 16.8. The number of hydrogen-bond donors (Lipinski definition) is 1. The van der Waals surface area contributed by atoms with Gasteiger partial charge in [-0.05, 0) is 12.1 Å². The number of aliphatic imine (C=N–C) groups is 1. The predicted molar refractivity (Wildman–Crippen MR) is 74.6 cm³/mol. The van der Waals surface area contributed by atoms with E-state index >= 15 is 0 Å². The van der Waals surface area contributed by atoms with Gasteiger partial charge in [-0.2, -0.15) is 0 Å². The SMILES string of the molecule is CN(C)C(=NCC(=O)Nc1ccc(F)c(F)c1F)N(C)C. The number of carbonyl (C=O) groups is 1. The molecule has 0 radical (unpaired) electrons. The highest BCUT2D eigenvalue weighted by atomic mass is 19.2. The van der Waals surface area contributed by atoms with Gasteiger partial charge < -0.3 is 15.1 Å². The zero-order valence-electron chi connectivity index (χ0n) is 12.2. The molecule has 0 atom stereocenters. The second-order valence-corrected chi connectivity index (χ2v) is 4.68. The van der Waals surface area contributed by atoms with Gasteiger partial charge in [-0.25, -0.2) is 18.2 Å². The van der Waals surface area contributed by atoms with Gasteiger partial charge in [0.05, 0.1) is 5.69 Å². The van der Waals surface area contributed by atoms with Gasteiger partial charge in [0.15, 0.2) is 23.4 Å². The molecule has 0 spiro atoms. The Balaban J connectivity index is 2.79. The van der Waals surface area contributed by atoms with E-state index in [1.165, 1.54) is 0 Å². The minimum absolute atomic E-state index is 0.274. The number of nitrogens with zero attached hydrogens (tertiary/aromatic N) is 3. The first-order valence-electron chi connectivity index (χ1n) is 6.06. The maximum Gasteiger partial charge on any atom is 0.246 e. The van der Waals surface area contributed by atoms with Crippen molar-refractivity contribution in [1.29, 1.82) is 0 Å². The summed E-state index contributed by atoms with van der Waals surface area (Å²) in [5, 5.41) is 2.15. The summed E-state index contributed by atoms with van der Waals surface area (Å²) in [5.41, 5.74) is -0.426. The Labute approximate surface area is 121 Å². The van der Waals surface area contributed by atoms with E-state index in [9.17, 15) is 18.0 Å². The molecule has 0 fully saturated rings. The zero-order chi connectivity index (χ0) is 16.2. The number of benzene rings is 1. The highest BCUT2D eigenvalue weighted by Gasteiger charge is 2.15. The first-order chi connectivity index (χ1) is 9.73. The fraction of sp³-hybridized carbons (Fsp3) is 0.385. The maximum atomic E-state index is 13.4. The van der Waals surface area contributed by atoms with Crippen molar-refractivity contribution in [3.05, 3.63) is 29.6 Å². The van der Waals surface area contributed by atoms with Crippen molar-refractivity contribution >= 4 is 17.6 Å². The van der Waals surface area contributed by atoms with Gasteiger partial charge in [0, 0.05) is 28.2 Å². The minimum Gasteiger partial charge on any atom is -0.349 e. The van der Waals surface area contributed by atoms with E-state index in [1.807, 2.05) is 0 Å². The molecule has 0 bridgehead atoms. The van der Waals surface area contributed by atoms with E-state index in [2.05, 4.69) is 10.3 Å². The van der Waals surface area contributed by atoms with E-state index in [0.717, 1.165) is 12.1 Å². The molecule has 0 aliphatic rings. The molecule has 1 aromatic carbocycles. The quantitative estimate of drug-likeness (QED) is 0.523. The fourth-order valence-electron chi connectivity index (χ4n) is 1.64. The largest absolute Gasteiger partial charge is 0.349 e. The molecule has 1 rings (SSSR count). The lowest BCUT2D eigenvalue weighted by Gasteiger charge is -2.22. The van der Waals surface area contributed by atoms with Crippen LogP contribution < -0.4 is 5.32 Å². The highest BCUT2D eigenvalue weighted by Crippen LogP contribution is 2.19. The summed E-state index contributed by atoms with van der Waals surface area (Å²) in [6, 6.07) is 1.69. The average Bonchev–Trinajstić information content (AvgIpc) is 2.39. The molecule has 116 valence electrons. The molecule has 1 amide bonds. The van der Waals surface area contributed by atoms with Gasteiger partial charge >= 0.3 is 0 Å². The van der Waals surface area contributed by atoms with Crippen LogP contribution in [0.15, 0.2) is 17.1 Å². The zero-order valence-corrected chi connectivity index (χ0v) is 12.2. The van der Waals surface area contributed by atoms with Crippen molar-refractivity contribution in [3.8, 4) is 0 Å². The maximum absolute atomic E-state index is 13.4. The van der Waals surface area contributed by atoms with Crippen LogP contribution >= 0.6 is 0 Å². The Bertz CT molecular complexity index is 549. The predicted octanol–water partition coefficient (Wildman–Crippen LogP) is 1.52. The topological polar surface area (TPSA) is 47.9 Å². The Hall–Kier alpha value is -2.25. The molecule has 8 heteroatoms. The van der Waals surface area contributed by atoms with E-state index in [0.29, 0.717) is 5.96 Å². The monoisotopic (exact) mass is 302 g/mol. The van der Waals surface area contributed by atoms with E-state index in [1.54, 1.807) is 38.0 Å². The smallest absolute Gasteiger partial charge is 0.246 e. The molecule has 0 heterocycles. The number of anilines is 1. The number of rotatable bonds is 3. The number of carbonyl (C=O) groups excluding carboxylic acids is 1. The molecule has 1 N–H and O–H groups in total. The Morgan fingerprint density at radius 2 is 1.67 bits per heavy atom. The summed E-state index contributed by atoms with van der Waals surface area (Å²) in [6.45, 7) is -0.274. The van der Waals surface area contributed by atoms with Crippen LogP contribution in [0.4, 0.5) is 18.9 Å². The number of hydrogen-bond acceptors (Lipinski definition) is 2. The molecule has 0 aliphatic heterocycles. The van der Waals surface area contributed by atoms with Crippen LogP contribution in [0, 0.1) is 17.5 Å². The molecule has 0 aliphatic carbocycles.